The number of ether oxygens (including phenoxy) is 1. The monoisotopic (exact) mass is 576 g/mol. The van der Waals surface area contributed by atoms with E-state index in [-0.39, 0.29) is 4.83 Å². The van der Waals surface area contributed by atoms with Crippen LogP contribution in [-0.4, -0.2) is 45.4 Å². The maximum Gasteiger partial charge on any atom is 0.317 e. The van der Waals surface area contributed by atoms with E-state index in [1.807, 2.05) is 19.1 Å². The molecule has 1 aliphatic heterocycles. The summed E-state index contributed by atoms with van der Waals surface area (Å²) in [6.07, 6.45) is 23.7. The first-order chi connectivity index (χ1) is 18.1. The van der Waals surface area contributed by atoms with Gasteiger partial charge < -0.3 is 9.84 Å². The Hall–Kier alpha value is -2.38. The van der Waals surface area contributed by atoms with Gasteiger partial charge in [0.1, 0.15) is 11.1 Å². The molecule has 2 aromatic rings. The Labute approximate surface area is 232 Å². The normalized spacial score (nSPS) is 13.1. The molecule has 1 aliphatic rings. The van der Waals surface area contributed by atoms with Gasteiger partial charge in [-0.1, -0.05) is 92.2 Å². The van der Waals surface area contributed by atoms with E-state index in [1.54, 1.807) is 30.9 Å². The van der Waals surface area contributed by atoms with Gasteiger partial charge in [0.25, 0.3) is 0 Å². The molecule has 2 heterocycles. The molecule has 1 fully saturated rings. The first-order valence-corrected chi connectivity index (χ1v) is 14.3. The number of aryl methyl sites for hydroxylation is 1. The number of carboxylic acid groups (broad SMARTS) is 1. The third-order valence-electron chi connectivity index (χ3n) is 5.34. The maximum atomic E-state index is 10.3. The molecule has 206 valence electrons. The van der Waals surface area contributed by atoms with Gasteiger partial charge in [0.15, 0.2) is 0 Å². The fourth-order valence-electron chi connectivity index (χ4n) is 3.26. The quantitative estimate of drug-likeness (QED) is 0.127. The van der Waals surface area contributed by atoms with Crippen LogP contribution in [0, 0.1) is 0 Å². The number of carbonyl (C=O) groups is 2. The van der Waals surface area contributed by atoms with Crippen LogP contribution in [0.3, 0.4) is 0 Å². The fraction of sp³-hybridized carbons (Fsp3) is 0.533. The summed E-state index contributed by atoms with van der Waals surface area (Å²) >= 11 is 3.04. The van der Waals surface area contributed by atoms with E-state index in [9.17, 15) is 9.59 Å². The summed E-state index contributed by atoms with van der Waals surface area (Å²) in [5.41, 5.74) is 2.52. The number of nitrogens with zero attached hydrogens (tertiary/aromatic N) is 2. The molecule has 7 heteroatoms. The molecule has 1 aromatic heterocycles. The summed E-state index contributed by atoms with van der Waals surface area (Å²) in [6.45, 7) is 6.27. The largest absolute Gasteiger partial charge is 0.480 e. The molecule has 1 aromatic carbocycles. The summed E-state index contributed by atoms with van der Waals surface area (Å²) in [6, 6.07) is 8.29. The van der Waals surface area contributed by atoms with Crippen LogP contribution in [0.2, 0.25) is 0 Å². The van der Waals surface area contributed by atoms with E-state index in [2.05, 4.69) is 51.0 Å². The van der Waals surface area contributed by atoms with Crippen molar-refractivity contribution in [1.82, 2.24) is 9.97 Å². The third kappa shape index (κ3) is 22.5. The van der Waals surface area contributed by atoms with Crippen molar-refractivity contribution in [2.45, 2.75) is 89.3 Å². The van der Waals surface area contributed by atoms with Gasteiger partial charge in [-0.15, -0.1) is 0 Å². The van der Waals surface area contributed by atoms with Gasteiger partial charge >= 0.3 is 5.97 Å². The van der Waals surface area contributed by atoms with E-state index in [4.69, 9.17) is 9.84 Å². The maximum absolute atomic E-state index is 10.3. The summed E-state index contributed by atoms with van der Waals surface area (Å²) in [5, 5.41) is 8.36. The van der Waals surface area contributed by atoms with E-state index in [0.717, 1.165) is 45.2 Å². The minimum absolute atomic E-state index is 0.350. The van der Waals surface area contributed by atoms with Gasteiger partial charge in [0, 0.05) is 38.0 Å². The van der Waals surface area contributed by atoms with Crippen LogP contribution in [0.25, 0.3) is 6.08 Å². The molecule has 0 radical (unpaired) electrons. The number of halogens is 1. The minimum atomic E-state index is -0.761. The number of hydrogen-bond donors (Lipinski definition) is 1. The van der Waals surface area contributed by atoms with Crippen molar-refractivity contribution >= 4 is 34.3 Å². The standard InChI is InChI=1S/C15H20O.C6H11BrO2.C5H10O.C4H4N2/c1-2-3-4-5-9-14-10-6-7-11-15(14)12-8-13-16;1-2-3-4-5(7)6(8)9;1-2-4-6-5-3-1;1-2-6-4-3-5-1/h6-8,10-13H,2-5,9H2,1H3;5H,2-4H2,1H3,(H,8,9);1-5H2;1-4H/b12-8+;;;. The summed E-state index contributed by atoms with van der Waals surface area (Å²) < 4.78 is 5.07. The Balaban J connectivity index is 0.000000516. The molecule has 1 saturated heterocycles. The van der Waals surface area contributed by atoms with Gasteiger partial charge in [-0.2, -0.15) is 0 Å². The molecule has 0 saturated carbocycles. The van der Waals surface area contributed by atoms with Crippen LogP contribution >= 0.6 is 15.9 Å². The SMILES string of the molecule is C1CCOCC1.CCCCC(Br)C(=O)O.CCCCCCc1ccccc1/C=C/C=O.c1cnccn1. The van der Waals surface area contributed by atoms with E-state index >= 15 is 0 Å². The molecule has 1 unspecified atom stereocenters. The number of carboxylic acids is 1. The first kappa shape index (κ1) is 34.6. The van der Waals surface area contributed by atoms with Crippen molar-refractivity contribution < 1.29 is 19.4 Å². The molecule has 3 rings (SSSR count). The molecule has 0 aliphatic carbocycles. The number of carbonyl (C=O) groups excluding carboxylic acids is 1. The number of aliphatic carboxylic acids is 1. The molecule has 6 nitrogen and oxygen atoms in total. The molecule has 1 atom stereocenters. The second kappa shape index (κ2) is 26.7. The number of alkyl halides is 1. The Morgan fingerprint density at radius 1 is 0.973 bits per heavy atom. The zero-order valence-electron chi connectivity index (χ0n) is 22.6. The van der Waals surface area contributed by atoms with Crippen molar-refractivity contribution in [3.63, 3.8) is 0 Å². The molecule has 0 amide bonds. The van der Waals surface area contributed by atoms with Crippen molar-refractivity contribution in [1.29, 1.82) is 0 Å². The number of aldehydes is 1. The average Bonchev–Trinajstić information content (AvgIpc) is 2.96. The lowest BCUT2D eigenvalue weighted by Crippen LogP contribution is -2.11. The summed E-state index contributed by atoms with van der Waals surface area (Å²) in [4.78, 5) is 27.6. The zero-order valence-corrected chi connectivity index (χ0v) is 24.2. The van der Waals surface area contributed by atoms with Gasteiger partial charge in [-0.3, -0.25) is 19.6 Å². The third-order valence-corrected chi connectivity index (χ3v) is 6.19. The minimum Gasteiger partial charge on any atom is -0.480 e. The average molecular weight is 578 g/mol. The highest BCUT2D eigenvalue weighted by Gasteiger charge is 2.10. The first-order valence-electron chi connectivity index (χ1n) is 13.4. The van der Waals surface area contributed by atoms with E-state index in [1.165, 1.54) is 56.1 Å². The Bertz CT molecular complexity index is 776. The topological polar surface area (TPSA) is 89.4 Å². The van der Waals surface area contributed by atoms with Gasteiger partial charge in [-0.05, 0) is 55.7 Å². The lowest BCUT2D eigenvalue weighted by atomic mass is 10.0. The van der Waals surface area contributed by atoms with E-state index < -0.39 is 5.97 Å². The van der Waals surface area contributed by atoms with Crippen LogP contribution in [0.1, 0.15) is 89.2 Å². The highest BCUT2D eigenvalue weighted by molar-refractivity contribution is 9.10. The highest BCUT2D eigenvalue weighted by atomic mass is 79.9. The number of benzene rings is 1. The molecular weight excluding hydrogens is 532 g/mol. The van der Waals surface area contributed by atoms with Crippen molar-refractivity contribution in [3.8, 4) is 0 Å². The summed E-state index contributed by atoms with van der Waals surface area (Å²) in [5.74, 6) is -0.761. The molecule has 0 bridgehead atoms. The Morgan fingerprint density at radius 3 is 2.05 bits per heavy atom. The van der Waals surface area contributed by atoms with Crippen LogP contribution in [-0.2, 0) is 20.7 Å². The number of allylic oxidation sites excluding steroid dienone is 1. The smallest absolute Gasteiger partial charge is 0.317 e. The highest BCUT2D eigenvalue weighted by Crippen LogP contribution is 2.14. The number of unbranched alkanes of at least 4 members (excludes halogenated alkanes) is 4. The van der Waals surface area contributed by atoms with Gasteiger partial charge in [0.05, 0.1) is 0 Å². The lowest BCUT2D eigenvalue weighted by Gasteiger charge is -2.08. The summed E-state index contributed by atoms with van der Waals surface area (Å²) in [7, 11) is 0. The number of aromatic nitrogens is 2. The number of rotatable bonds is 11. The van der Waals surface area contributed by atoms with Crippen LogP contribution in [0.4, 0.5) is 0 Å². The molecule has 1 N–H and O–H groups in total. The molecule has 0 spiro atoms. The Kier molecular flexibility index (Phi) is 25.0. The fourth-order valence-corrected chi connectivity index (χ4v) is 3.58. The van der Waals surface area contributed by atoms with Gasteiger partial charge in [0.2, 0.25) is 0 Å². The predicted octanol–water partition coefficient (Wildman–Crippen LogP) is 7.71. The van der Waals surface area contributed by atoms with Crippen molar-refractivity contribution in [2.24, 2.45) is 0 Å². The predicted molar refractivity (Wildman–Crippen MR) is 156 cm³/mol. The van der Waals surface area contributed by atoms with Crippen LogP contribution in [0.5, 0.6) is 0 Å². The van der Waals surface area contributed by atoms with Crippen molar-refractivity contribution in [3.05, 3.63) is 66.3 Å². The van der Waals surface area contributed by atoms with Crippen molar-refractivity contribution in [2.75, 3.05) is 13.2 Å². The van der Waals surface area contributed by atoms with Crippen LogP contribution < -0.4 is 0 Å². The second-order valence-electron chi connectivity index (χ2n) is 8.52. The van der Waals surface area contributed by atoms with E-state index in [0.29, 0.717) is 0 Å². The Morgan fingerprint density at radius 2 is 1.59 bits per heavy atom. The van der Waals surface area contributed by atoms with Gasteiger partial charge in [-0.25, -0.2) is 0 Å². The molecular formula is C30H45BrN2O4. The molecule has 37 heavy (non-hydrogen) atoms. The van der Waals surface area contributed by atoms with Crippen LogP contribution in [0.15, 0.2) is 55.1 Å². The second-order valence-corrected chi connectivity index (χ2v) is 9.63. The zero-order chi connectivity index (χ0) is 27.4. The lowest BCUT2D eigenvalue weighted by molar-refractivity contribution is -0.136. The number of hydrogen-bond acceptors (Lipinski definition) is 5.